The van der Waals surface area contributed by atoms with Crippen LogP contribution in [0.15, 0.2) is 72.1 Å². The Morgan fingerprint density at radius 1 is 1.08 bits per heavy atom. The van der Waals surface area contributed by atoms with Gasteiger partial charge in [-0.25, -0.2) is 4.79 Å². The lowest BCUT2D eigenvalue weighted by Gasteiger charge is -2.32. The number of nitrogens with one attached hydrogen (secondary N) is 1. The smallest absolute Gasteiger partial charge is 0.321 e. The van der Waals surface area contributed by atoms with Crippen molar-refractivity contribution in [2.45, 2.75) is 19.5 Å². The monoisotopic (exact) mass is 323 g/mol. The van der Waals surface area contributed by atoms with Crippen molar-refractivity contribution in [1.82, 2.24) is 10.2 Å². The summed E-state index contributed by atoms with van der Waals surface area (Å²) < 4.78 is 0. The zero-order chi connectivity index (χ0) is 17.1. The molecule has 0 radical (unpaired) electrons. The molecule has 0 saturated heterocycles. The number of carbonyl (C=O) groups excluding carboxylic acids is 1. The molecule has 1 aliphatic rings. The zero-order valence-corrected chi connectivity index (χ0v) is 13.2. The number of amides is 2. The molecular formula is C18H17N3O3. The van der Waals surface area contributed by atoms with Crippen molar-refractivity contribution in [3.05, 3.63) is 93.3 Å². The standard InChI is InChI=1S/C18H17N3O3/c1-13-17(21(23)24)16(15-10-6-3-7-11-15)19-18(22)20(13)12-14-8-4-2-5-9-14/h2-11,16H,12H2,1H3,(H,19,22). The predicted octanol–water partition coefficient (Wildman–Crippen LogP) is 3.46. The van der Waals surface area contributed by atoms with E-state index >= 15 is 0 Å². The van der Waals surface area contributed by atoms with E-state index in [0.717, 1.165) is 5.56 Å². The Kier molecular flexibility index (Phi) is 4.29. The molecule has 1 heterocycles. The van der Waals surface area contributed by atoms with Gasteiger partial charge >= 0.3 is 6.03 Å². The third-order valence-electron chi connectivity index (χ3n) is 4.08. The van der Waals surface area contributed by atoms with Gasteiger partial charge in [-0.2, -0.15) is 0 Å². The van der Waals surface area contributed by atoms with E-state index in [-0.39, 0.29) is 18.3 Å². The summed E-state index contributed by atoms with van der Waals surface area (Å²) in [5.41, 5.74) is 1.96. The molecule has 0 spiro atoms. The van der Waals surface area contributed by atoms with Crippen LogP contribution in [0.3, 0.4) is 0 Å². The molecule has 1 atom stereocenters. The first-order valence-corrected chi connectivity index (χ1v) is 7.60. The molecule has 24 heavy (non-hydrogen) atoms. The summed E-state index contributed by atoms with van der Waals surface area (Å²) in [4.78, 5) is 25.1. The van der Waals surface area contributed by atoms with Gasteiger partial charge in [0.1, 0.15) is 6.04 Å². The summed E-state index contributed by atoms with van der Waals surface area (Å²) in [5.74, 6) is 0. The first-order valence-electron chi connectivity index (χ1n) is 7.60. The molecule has 2 aromatic rings. The van der Waals surface area contributed by atoms with Gasteiger partial charge < -0.3 is 5.32 Å². The van der Waals surface area contributed by atoms with Crippen LogP contribution in [0.5, 0.6) is 0 Å². The van der Waals surface area contributed by atoms with Gasteiger partial charge in [0.05, 0.1) is 17.2 Å². The van der Waals surface area contributed by atoms with E-state index < -0.39 is 11.0 Å². The third-order valence-corrected chi connectivity index (χ3v) is 4.08. The minimum atomic E-state index is -0.749. The summed E-state index contributed by atoms with van der Waals surface area (Å²) in [5, 5.41) is 14.4. The second-order valence-corrected chi connectivity index (χ2v) is 5.59. The number of rotatable bonds is 4. The molecule has 0 bridgehead atoms. The Morgan fingerprint density at radius 2 is 1.67 bits per heavy atom. The number of carbonyl (C=O) groups is 1. The number of nitrogens with zero attached hydrogens (tertiary/aromatic N) is 2. The number of hydrogen-bond acceptors (Lipinski definition) is 3. The second kappa shape index (κ2) is 6.54. The second-order valence-electron chi connectivity index (χ2n) is 5.59. The van der Waals surface area contributed by atoms with Gasteiger partial charge in [0.2, 0.25) is 0 Å². The zero-order valence-electron chi connectivity index (χ0n) is 13.2. The number of benzene rings is 2. The van der Waals surface area contributed by atoms with Crippen LogP contribution in [0.2, 0.25) is 0 Å². The number of nitro groups is 1. The average Bonchev–Trinajstić information content (AvgIpc) is 2.59. The fourth-order valence-corrected chi connectivity index (χ4v) is 2.85. The highest BCUT2D eigenvalue weighted by Crippen LogP contribution is 2.31. The Morgan fingerprint density at radius 3 is 2.25 bits per heavy atom. The van der Waals surface area contributed by atoms with Gasteiger partial charge in [0, 0.05) is 0 Å². The highest BCUT2D eigenvalue weighted by molar-refractivity contribution is 5.78. The number of hydrogen-bond donors (Lipinski definition) is 1. The van der Waals surface area contributed by atoms with Gasteiger partial charge in [0.25, 0.3) is 5.70 Å². The van der Waals surface area contributed by atoms with E-state index in [0.29, 0.717) is 11.3 Å². The molecule has 1 N–H and O–H groups in total. The highest BCUT2D eigenvalue weighted by atomic mass is 16.6. The van der Waals surface area contributed by atoms with E-state index in [1.807, 2.05) is 36.4 Å². The Hall–Kier alpha value is -3.15. The van der Waals surface area contributed by atoms with E-state index in [1.165, 1.54) is 4.90 Å². The average molecular weight is 323 g/mol. The van der Waals surface area contributed by atoms with Crippen LogP contribution >= 0.6 is 0 Å². The first kappa shape index (κ1) is 15.7. The van der Waals surface area contributed by atoms with Crippen molar-refractivity contribution in [3.63, 3.8) is 0 Å². The predicted molar refractivity (Wildman–Crippen MR) is 89.4 cm³/mol. The molecule has 3 rings (SSSR count). The lowest BCUT2D eigenvalue weighted by Crippen LogP contribution is -2.47. The van der Waals surface area contributed by atoms with E-state index in [1.54, 1.807) is 31.2 Å². The van der Waals surface area contributed by atoms with Crippen LogP contribution in [0.25, 0.3) is 0 Å². The molecule has 0 saturated carbocycles. The molecule has 6 nitrogen and oxygen atoms in total. The van der Waals surface area contributed by atoms with E-state index in [4.69, 9.17) is 0 Å². The van der Waals surface area contributed by atoms with Crippen LogP contribution in [-0.4, -0.2) is 15.9 Å². The molecule has 6 heteroatoms. The third kappa shape index (κ3) is 2.99. The van der Waals surface area contributed by atoms with Gasteiger partial charge in [-0.3, -0.25) is 15.0 Å². The topological polar surface area (TPSA) is 75.5 Å². The number of allylic oxidation sites excluding steroid dienone is 1. The van der Waals surface area contributed by atoms with Crippen LogP contribution in [0.4, 0.5) is 4.79 Å². The molecule has 2 amide bonds. The Balaban J connectivity index is 2.00. The lowest BCUT2D eigenvalue weighted by atomic mass is 10.0. The van der Waals surface area contributed by atoms with Crippen molar-refractivity contribution in [3.8, 4) is 0 Å². The van der Waals surface area contributed by atoms with Gasteiger partial charge in [-0.05, 0) is 18.1 Å². The van der Waals surface area contributed by atoms with Gasteiger partial charge in [0.15, 0.2) is 0 Å². The molecular weight excluding hydrogens is 306 g/mol. The fourth-order valence-electron chi connectivity index (χ4n) is 2.85. The highest BCUT2D eigenvalue weighted by Gasteiger charge is 2.39. The molecule has 1 unspecified atom stereocenters. The summed E-state index contributed by atoms with van der Waals surface area (Å²) >= 11 is 0. The normalized spacial score (nSPS) is 17.6. The maximum Gasteiger partial charge on any atom is 0.323 e. The molecule has 0 fully saturated rings. The van der Waals surface area contributed by atoms with E-state index in [9.17, 15) is 14.9 Å². The summed E-state index contributed by atoms with van der Waals surface area (Å²) in [6.45, 7) is 1.91. The minimum Gasteiger partial charge on any atom is -0.321 e. The quantitative estimate of drug-likeness (QED) is 0.691. The van der Waals surface area contributed by atoms with Gasteiger partial charge in [-0.1, -0.05) is 60.7 Å². The van der Waals surface area contributed by atoms with Crippen molar-refractivity contribution >= 4 is 6.03 Å². The van der Waals surface area contributed by atoms with Gasteiger partial charge in [-0.15, -0.1) is 0 Å². The SMILES string of the molecule is CC1=C([N+](=O)[O-])C(c2ccccc2)NC(=O)N1Cc1ccccc1. The lowest BCUT2D eigenvalue weighted by molar-refractivity contribution is -0.433. The van der Waals surface area contributed by atoms with Crippen LogP contribution in [-0.2, 0) is 6.54 Å². The van der Waals surface area contributed by atoms with E-state index in [2.05, 4.69) is 5.32 Å². The Bertz CT molecular complexity index is 788. The molecule has 1 aliphatic heterocycles. The summed E-state index contributed by atoms with van der Waals surface area (Å²) in [7, 11) is 0. The molecule has 2 aromatic carbocycles. The van der Waals surface area contributed by atoms with Crippen molar-refractivity contribution < 1.29 is 9.72 Å². The summed E-state index contributed by atoms with van der Waals surface area (Å²) in [6, 6.07) is 17.3. The number of urea groups is 1. The maximum absolute atomic E-state index is 12.5. The Labute approximate surface area is 139 Å². The molecule has 0 aromatic heterocycles. The van der Waals surface area contributed by atoms with Crippen LogP contribution < -0.4 is 5.32 Å². The minimum absolute atomic E-state index is 0.00303. The maximum atomic E-state index is 12.5. The van der Waals surface area contributed by atoms with Crippen LogP contribution in [0.1, 0.15) is 24.1 Å². The molecule has 0 aliphatic carbocycles. The van der Waals surface area contributed by atoms with Crippen molar-refractivity contribution in [2.24, 2.45) is 0 Å². The summed E-state index contributed by atoms with van der Waals surface area (Å²) in [6.07, 6.45) is 0. The first-order chi connectivity index (χ1) is 11.6. The van der Waals surface area contributed by atoms with Crippen molar-refractivity contribution in [1.29, 1.82) is 0 Å². The van der Waals surface area contributed by atoms with Crippen LogP contribution in [0, 0.1) is 10.1 Å². The largest absolute Gasteiger partial charge is 0.323 e. The fraction of sp³-hybridized carbons (Fsp3) is 0.167. The van der Waals surface area contributed by atoms with Crippen molar-refractivity contribution in [2.75, 3.05) is 0 Å². The molecule has 122 valence electrons.